The lowest BCUT2D eigenvalue weighted by Crippen LogP contribution is -2.24. The van der Waals surface area contributed by atoms with E-state index in [1.807, 2.05) is 0 Å². The zero-order chi connectivity index (χ0) is 16.8. The van der Waals surface area contributed by atoms with Gasteiger partial charge in [0.2, 0.25) is 0 Å². The molecule has 0 saturated heterocycles. The fourth-order valence-electron chi connectivity index (χ4n) is 1.93. The summed E-state index contributed by atoms with van der Waals surface area (Å²) in [5.41, 5.74) is 7.11. The SMILES string of the molecule is Br.NC(=O)SCc1cc(Br)ccc1C(=O)NCc1ccc(F)cc1. The highest BCUT2D eigenvalue weighted by atomic mass is 79.9. The third-order valence-corrected chi connectivity index (χ3v) is 4.28. The number of rotatable bonds is 5. The highest BCUT2D eigenvalue weighted by Crippen LogP contribution is 2.21. The minimum Gasteiger partial charge on any atom is -0.361 e. The zero-order valence-corrected chi connectivity index (χ0v) is 16.5. The first-order valence-corrected chi connectivity index (χ1v) is 8.47. The predicted molar refractivity (Wildman–Crippen MR) is 103 cm³/mol. The average Bonchev–Trinajstić information content (AvgIpc) is 2.52. The van der Waals surface area contributed by atoms with Crippen LogP contribution in [0.5, 0.6) is 0 Å². The van der Waals surface area contributed by atoms with Crippen LogP contribution < -0.4 is 11.1 Å². The summed E-state index contributed by atoms with van der Waals surface area (Å²) in [5, 5.41) is 2.28. The van der Waals surface area contributed by atoms with Gasteiger partial charge in [0.15, 0.2) is 0 Å². The van der Waals surface area contributed by atoms with Gasteiger partial charge in [0.25, 0.3) is 11.1 Å². The molecular weight excluding hydrogens is 463 g/mol. The summed E-state index contributed by atoms with van der Waals surface area (Å²) < 4.78 is 13.7. The number of hydrogen-bond acceptors (Lipinski definition) is 3. The average molecular weight is 478 g/mol. The molecule has 0 aromatic heterocycles. The number of nitrogens with two attached hydrogens (primary N) is 1. The van der Waals surface area contributed by atoms with Crippen molar-refractivity contribution in [2.24, 2.45) is 5.73 Å². The second kappa shape index (κ2) is 9.80. The maximum Gasteiger partial charge on any atom is 0.276 e. The Kier molecular flexibility index (Phi) is 8.44. The summed E-state index contributed by atoms with van der Waals surface area (Å²) in [6.45, 7) is 0.289. The number of thioether (sulfide) groups is 1. The monoisotopic (exact) mass is 476 g/mol. The molecule has 24 heavy (non-hydrogen) atoms. The van der Waals surface area contributed by atoms with Gasteiger partial charge >= 0.3 is 0 Å². The fourth-order valence-corrected chi connectivity index (χ4v) is 2.88. The van der Waals surface area contributed by atoms with E-state index >= 15 is 0 Å². The lowest BCUT2D eigenvalue weighted by molar-refractivity contribution is 0.0950. The molecule has 4 nitrogen and oxygen atoms in total. The molecular formula is C16H15Br2FN2O2S. The minimum atomic E-state index is -0.498. The molecule has 0 fully saturated rings. The number of primary amides is 1. The van der Waals surface area contributed by atoms with Crippen LogP contribution in [0.2, 0.25) is 0 Å². The van der Waals surface area contributed by atoms with Crippen LogP contribution in [0.1, 0.15) is 21.5 Å². The van der Waals surface area contributed by atoms with Crippen molar-refractivity contribution in [3.63, 3.8) is 0 Å². The first-order valence-electron chi connectivity index (χ1n) is 6.69. The van der Waals surface area contributed by atoms with E-state index in [-0.39, 0.29) is 35.3 Å². The molecule has 0 spiro atoms. The van der Waals surface area contributed by atoms with Crippen molar-refractivity contribution in [1.29, 1.82) is 0 Å². The zero-order valence-electron chi connectivity index (χ0n) is 12.4. The number of carbonyl (C=O) groups excluding carboxylic acids is 2. The van der Waals surface area contributed by atoms with E-state index in [1.165, 1.54) is 12.1 Å². The van der Waals surface area contributed by atoms with Crippen LogP contribution in [0, 0.1) is 5.82 Å². The van der Waals surface area contributed by atoms with Gasteiger partial charge in [-0.2, -0.15) is 0 Å². The summed E-state index contributed by atoms with van der Waals surface area (Å²) in [7, 11) is 0. The fraction of sp³-hybridized carbons (Fsp3) is 0.125. The number of carbonyl (C=O) groups is 2. The summed E-state index contributed by atoms with van der Waals surface area (Å²) in [4.78, 5) is 23.3. The molecule has 8 heteroatoms. The maximum absolute atomic E-state index is 12.9. The number of amides is 2. The van der Waals surface area contributed by atoms with Crippen LogP contribution in [0.3, 0.4) is 0 Å². The molecule has 0 unspecified atom stereocenters. The Balaban J connectivity index is 0.00000288. The Morgan fingerprint density at radius 3 is 2.46 bits per heavy atom. The molecule has 0 atom stereocenters. The third kappa shape index (κ3) is 6.26. The van der Waals surface area contributed by atoms with E-state index in [4.69, 9.17) is 5.73 Å². The van der Waals surface area contributed by atoms with Gasteiger partial charge in [-0.05, 0) is 41.5 Å². The largest absolute Gasteiger partial charge is 0.361 e. The van der Waals surface area contributed by atoms with E-state index in [0.29, 0.717) is 16.9 Å². The van der Waals surface area contributed by atoms with Crippen molar-refractivity contribution in [3.05, 3.63) is 69.4 Å². The van der Waals surface area contributed by atoms with Gasteiger partial charge in [-0.1, -0.05) is 39.8 Å². The molecule has 0 heterocycles. The van der Waals surface area contributed by atoms with Crippen molar-refractivity contribution in [2.45, 2.75) is 12.3 Å². The number of hydrogen-bond donors (Lipinski definition) is 2. The van der Waals surface area contributed by atoms with Gasteiger partial charge in [0.05, 0.1) is 0 Å². The molecule has 2 aromatic rings. The highest BCUT2D eigenvalue weighted by Gasteiger charge is 2.13. The predicted octanol–water partition coefficient (Wildman–Crippen LogP) is 4.41. The maximum atomic E-state index is 12.9. The Labute approximate surface area is 162 Å². The standard InChI is InChI=1S/C16H14BrFN2O2S.BrH/c17-12-3-6-14(11(7-12)9-23-16(19)22)15(21)20-8-10-1-4-13(18)5-2-10;/h1-7H,8-9H2,(H2,19,22)(H,20,21);1H. The van der Waals surface area contributed by atoms with Crippen molar-refractivity contribution < 1.29 is 14.0 Å². The van der Waals surface area contributed by atoms with E-state index in [1.54, 1.807) is 30.3 Å². The van der Waals surface area contributed by atoms with Gasteiger partial charge in [0, 0.05) is 22.3 Å². The van der Waals surface area contributed by atoms with Gasteiger partial charge in [0.1, 0.15) is 5.82 Å². The summed E-state index contributed by atoms with van der Waals surface area (Å²) >= 11 is 4.28. The van der Waals surface area contributed by atoms with Gasteiger partial charge in [-0.25, -0.2) is 4.39 Å². The van der Waals surface area contributed by atoms with Crippen LogP contribution in [-0.2, 0) is 12.3 Å². The quantitative estimate of drug-likeness (QED) is 0.669. The van der Waals surface area contributed by atoms with Gasteiger partial charge in [-0.3, -0.25) is 9.59 Å². The molecule has 2 amide bonds. The van der Waals surface area contributed by atoms with Crippen LogP contribution in [0.15, 0.2) is 46.9 Å². The number of nitrogens with one attached hydrogen (secondary N) is 1. The first kappa shape index (κ1) is 20.7. The Hall–Kier alpha value is -1.38. The van der Waals surface area contributed by atoms with E-state index in [0.717, 1.165) is 21.8 Å². The Morgan fingerprint density at radius 2 is 1.83 bits per heavy atom. The van der Waals surface area contributed by atoms with Crippen LogP contribution in [0.25, 0.3) is 0 Å². The molecule has 2 aromatic carbocycles. The van der Waals surface area contributed by atoms with E-state index in [2.05, 4.69) is 21.2 Å². The molecule has 0 bridgehead atoms. The molecule has 2 rings (SSSR count). The van der Waals surface area contributed by atoms with Gasteiger partial charge < -0.3 is 11.1 Å². The topological polar surface area (TPSA) is 72.2 Å². The lowest BCUT2D eigenvalue weighted by Gasteiger charge is -2.10. The minimum absolute atomic E-state index is 0. The van der Waals surface area contributed by atoms with Crippen LogP contribution >= 0.6 is 44.7 Å². The van der Waals surface area contributed by atoms with E-state index < -0.39 is 5.24 Å². The summed E-state index contributed by atoms with van der Waals surface area (Å²) in [6.07, 6.45) is 0. The molecule has 0 aliphatic carbocycles. The van der Waals surface area contributed by atoms with Crippen molar-refractivity contribution in [1.82, 2.24) is 5.32 Å². The highest BCUT2D eigenvalue weighted by molar-refractivity contribution is 9.10. The van der Waals surface area contributed by atoms with Gasteiger partial charge in [-0.15, -0.1) is 17.0 Å². The molecule has 0 saturated carbocycles. The molecule has 0 aliphatic heterocycles. The molecule has 3 N–H and O–H groups in total. The molecule has 128 valence electrons. The molecule has 0 radical (unpaired) electrons. The second-order valence-corrected chi connectivity index (χ2v) is 6.61. The Bertz CT molecular complexity index is 727. The number of halogens is 3. The second-order valence-electron chi connectivity index (χ2n) is 4.72. The van der Waals surface area contributed by atoms with E-state index in [9.17, 15) is 14.0 Å². The lowest BCUT2D eigenvalue weighted by atomic mass is 10.1. The summed E-state index contributed by atoms with van der Waals surface area (Å²) in [5.74, 6) is -0.269. The van der Waals surface area contributed by atoms with Crippen molar-refractivity contribution in [3.8, 4) is 0 Å². The first-order chi connectivity index (χ1) is 11.0. The van der Waals surface area contributed by atoms with Crippen LogP contribution in [0.4, 0.5) is 9.18 Å². The van der Waals surface area contributed by atoms with Crippen molar-refractivity contribution >= 4 is 55.8 Å². The molecule has 0 aliphatic rings. The normalized spacial score (nSPS) is 9.92. The summed E-state index contributed by atoms with van der Waals surface area (Å²) in [6, 6.07) is 11.1. The smallest absolute Gasteiger partial charge is 0.276 e. The number of benzene rings is 2. The van der Waals surface area contributed by atoms with Crippen LogP contribution in [-0.4, -0.2) is 11.1 Å². The third-order valence-electron chi connectivity index (χ3n) is 3.05. The Morgan fingerprint density at radius 1 is 1.17 bits per heavy atom. The van der Waals surface area contributed by atoms with Crippen molar-refractivity contribution in [2.75, 3.05) is 0 Å².